The van der Waals surface area contributed by atoms with Gasteiger partial charge in [0.2, 0.25) is 0 Å². The van der Waals surface area contributed by atoms with Crippen molar-refractivity contribution in [2.24, 2.45) is 0 Å². The summed E-state index contributed by atoms with van der Waals surface area (Å²) >= 11 is 0. The number of hydrogen-bond donors (Lipinski definition) is 0. The van der Waals surface area contributed by atoms with Crippen LogP contribution in [-0.4, -0.2) is 43.5 Å². The van der Waals surface area contributed by atoms with Gasteiger partial charge < -0.3 is 9.64 Å². The third kappa shape index (κ3) is 4.25. The molecule has 1 aliphatic carbocycles. The van der Waals surface area contributed by atoms with Crippen LogP contribution in [0.3, 0.4) is 0 Å². The van der Waals surface area contributed by atoms with Crippen molar-refractivity contribution < 1.29 is 9.53 Å². The molecular formula is C22H28N2O2. The molecule has 26 heavy (non-hydrogen) atoms. The molecule has 0 spiro atoms. The molecule has 0 unspecified atom stereocenters. The van der Waals surface area contributed by atoms with Crippen LogP contribution in [0.15, 0.2) is 48.5 Å². The Labute approximate surface area is 156 Å². The molecular weight excluding hydrogens is 324 g/mol. The lowest BCUT2D eigenvalue weighted by atomic mass is 9.87. The van der Waals surface area contributed by atoms with Crippen LogP contribution in [0.2, 0.25) is 0 Å². The van der Waals surface area contributed by atoms with E-state index in [4.69, 9.17) is 4.74 Å². The van der Waals surface area contributed by atoms with Crippen molar-refractivity contribution >= 4 is 5.91 Å². The van der Waals surface area contributed by atoms with Gasteiger partial charge in [-0.25, -0.2) is 0 Å². The van der Waals surface area contributed by atoms with Gasteiger partial charge in [-0.15, -0.1) is 0 Å². The number of para-hydroxylation sites is 1. The van der Waals surface area contributed by atoms with E-state index < -0.39 is 0 Å². The monoisotopic (exact) mass is 352 g/mol. The molecule has 1 amide bonds. The molecule has 0 saturated heterocycles. The van der Waals surface area contributed by atoms with Gasteiger partial charge in [0, 0.05) is 32.2 Å². The summed E-state index contributed by atoms with van der Waals surface area (Å²) in [6.45, 7) is 0.866. The van der Waals surface area contributed by atoms with Crippen molar-refractivity contribution in [3.8, 4) is 5.75 Å². The molecule has 138 valence electrons. The summed E-state index contributed by atoms with van der Waals surface area (Å²) in [5.41, 5.74) is 4.03. The summed E-state index contributed by atoms with van der Waals surface area (Å²) in [4.78, 5) is 15.8. The Bertz CT molecular complexity index is 757. The van der Waals surface area contributed by atoms with E-state index in [0.29, 0.717) is 6.04 Å². The second-order valence-corrected chi connectivity index (χ2v) is 7.21. The summed E-state index contributed by atoms with van der Waals surface area (Å²) in [6.07, 6.45) is 3.57. The van der Waals surface area contributed by atoms with Gasteiger partial charge in [-0.3, -0.25) is 9.69 Å². The van der Waals surface area contributed by atoms with Gasteiger partial charge in [0.15, 0.2) is 6.61 Å². The van der Waals surface area contributed by atoms with Crippen molar-refractivity contribution in [1.29, 1.82) is 0 Å². The number of aryl methyl sites for hydroxylation is 1. The molecule has 0 aromatic heterocycles. The lowest BCUT2D eigenvalue weighted by Gasteiger charge is -2.33. The molecule has 4 heteroatoms. The van der Waals surface area contributed by atoms with Gasteiger partial charge in [0.05, 0.1) is 0 Å². The molecule has 0 aliphatic heterocycles. The summed E-state index contributed by atoms with van der Waals surface area (Å²) < 4.78 is 5.80. The summed E-state index contributed by atoms with van der Waals surface area (Å²) in [6, 6.07) is 17.2. The van der Waals surface area contributed by atoms with Crippen LogP contribution in [0.4, 0.5) is 0 Å². The third-order valence-electron chi connectivity index (χ3n) is 5.11. The summed E-state index contributed by atoms with van der Waals surface area (Å²) in [7, 11) is 5.66. The number of carbonyl (C=O) groups excluding carboxylic acids is 1. The lowest BCUT2D eigenvalue weighted by Crippen LogP contribution is -2.29. The van der Waals surface area contributed by atoms with Crippen LogP contribution < -0.4 is 4.74 Å². The number of likely N-dealkylation sites (N-methyl/N-ethyl adjacent to an activating group) is 1. The fourth-order valence-electron chi connectivity index (χ4n) is 3.61. The van der Waals surface area contributed by atoms with E-state index in [2.05, 4.69) is 42.3 Å². The van der Waals surface area contributed by atoms with Crippen molar-refractivity contribution in [2.75, 3.05) is 27.7 Å². The summed E-state index contributed by atoms with van der Waals surface area (Å²) in [5.74, 6) is 0.757. The molecule has 3 rings (SSSR count). The molecule has 1 atom stereocenters. The van der Waals surface area contributed by atoms with E-state index in [9.17, 15) is 4.79 Å². The molecule has 0 bridgehead atoms. The largest absolute Gasteiger partial charge is 0.483 e. The highest BCUT2D eigenvalue weighted by molar-refractivity contribution is 5.77. The maximum Gasteiger partial charge on any atom is 0.259 e. The topological polar surface area (TPSA) is 32.8 Å². The van der Waals surface area contributed by atoms with E-state index >= 15 is 0 Å². The van der Waals surface area contributed by atoms with Gasteiger partial charge in [-0.05, 0) is 43.5 Å². The first-order valence-corrected chi connectivity index (χ1v) is 9.25. The first-order valence-electron chi connectivity index (χ1n) is 9.25. The minimum absolute atomic E-state index is 0.0330. The quantitative estimate of drug-likeness (QED) is 0.795. The zero-order valence-electron chi connectivity index (χ0n) is 15.9. The molecule has 0 N–H and O–H groups in total. The Balaban J connectivity index is 1.72. The van der Waals surface area contributed by atoms with Crippen molar-refractivity contribution in [3.63, 3.8) is 0 Å². The minimum atomic E-state index is -0.0330. The van der Waals surface area contributed by atoms with Crippen LogP contribution in [-0.2, 0) is 17.8 Å². The fraction of sp³-hybridized carbons (Fsp3) is 0.409. The molecule has 0 saturated carbocycles. The van der Waals surface area contributed by atoms with Crippen LogP contribution in [0.5, 0.6) is 5.75 Å². The highest BCUT2D eigenvalue weighted by Crippen LogP contribution is 2.34. The predicted octanol–water partition coefficient (Wildman–Crippen LogP) is 3.66. The number of nitrogens with zero attached hydrogens (tertiary/aromatic N) is 2. The molecule has 2 aromatic rings. The lowest BCUT2D eigenvalue weighted by molar-refractivity contribution is -0.130. The number of hydrogen-bond acceptors (Lipinski definition) is 3. The molecule has 0 heterocycles. The number of fused-ring (bicyclic) bond motifs is 1. The van der Waals surface area contributed by atoms with Crippen molar-refractivity contribution in [1.82, 2.24) is 9.80 Å². The second-order valence-electron chi connectivity index (χ2n) is 7.21. The van der Waals surface area contributed by atoms with E-state index in [1.807, 2.05) is 18.2 Å². The molecule has 0 fully saturated rings. The van der Waals surface area contributed by atoms with Crippen molar-refractivity contribution in [3.05, 3.63) is 65.2 Å². The maximum atomic E-state index is 11.8. The average molecular weight is 352 g/mol. The number of rotatable bonds is 6. The smallest absolute Gasteiger partial charge is 0.259 e. The zero-order valence-corrected chi connectivity index (χ0v) is 15.9. The predicted molar refractivity (Wildman–Crippen MR) is 104 cm³/mol. The van der Waals surface area contributed by atoms with Gasteiger partial charge in [0.1, 0.15) is 5.75 Å². The van der Waals surface area contributed by atoms with Gasteiger partial charge in [0.25, 0.3) is 5.91 Å². The van der Waals surface area contributed by atoms with E-state index in [1.165, 1.54) is 30.4 Å². The number of benzene rings is 2. The Hall–Kier alpha value is -2.33. The highest BCUT2D eigenvalue weighted by Gasteiger charge is 2.24. The van der Waals surface area contributed by atoms with Crippen LogP contribution in [0.1, 0.15) is 35.6 Å². The fourth-order valence-corrected chi connectivity index (χ4v) is 3.61. The minimum Gasteiger partial charge on any atom is -0.483 e. The molecule has 1 aliphatic rings. The van der Waals surface area contributed by atoms with E-state index in [1.54, 1.807) is 19.0 Å². The molecule has 4 nitrogen and oxygen atoms in total. The Kier molecular flexibility index (Phi) is 5.94. The Morgan fingerprint density at radius 2 is 1.81 bits per heavy atom. The second kappa shape index (κ2) is 8.37. The third-order valence-corrected chi connectivity index (χ3v) is 5.11. The summed E-state index contributed by atoms with van der Waals surface area (Å²) in [5, 5.41) is 0. The first-order chi connectivity index (χ1) is 12.6. The normalized spacial score (nSPS) is 16.2. The molecule has 0 radical (unpaired) electrons. The SMILES string of the molecule is CN(C)C(=O)COc1ccccc1CN(C)[C@@H]1CCCc2ccccc21. The van der Waals surface area contributed by atoms with Gasteiger partial charge in [-0.2, -0.15) is 0 Å². The van der Waals surface area contributed by atoms with Crippen LogP contribution in [0, 0.1) is 0 Å². The van der Waals surface area contributed by atoms with Crippen molar-refractivity contribution in [2.45, 2.75) is 31.8 Å². The number of ether oxygens (including phenoxy) is 1. The molecule has 2 aromatic carbocycles. The zero-order chi connectivity index (χ0) is 18.5. The number of carbonyl (C=O) groups is 1. The standard InChI is InChI=1S/C22H28N2O2/c1-23(2)22(25)16-26-21-14-7-5-10-18(21)15-24(3)20-13-8-11-17-9-4-6-12-19(17)20/h4-7,9-10,12,14,20H,8,11,13,15-16H2,1-3H3/t20-/m1/s1. The van der Waals surface area contributed by atoms with Crippen LogP contribution >= 0.6 is 0 Å². The number of amides is 1. The first kappa shape index (κ1) is 18.5. The van der Waals surface area contributed by atoms with Crippen LogP contribution in [0.25, 0.3) is 0 Å². The maximum absolute atomic E-state index is 11.8. The average Bonchev–Trinajstić information content (AvgIpc) is 2.66. The highest BCUT2D eigenvalue weighted by atomic mass is 16.5. The van der Waals surface area contributed by atoms with E-state index in [0.717, 1.165) is 17.9 Å². The Morgan fingerprint density at radius 3 is 2.62 bits per heavy atom. The Morgan fingerprint density at radius 1 is 1.08 bits per heavy atom. The van der Waals surface area contributed by atoms with E-state index in [-0.39, 0.29) is 12.5 Å². The van der Waals surface area contributed by atoms with Gasteiger partial charge in [-0.1, -0.05) is 42.5 Å². The van der Waals surface area contributed by atoms with Gasteiger partial charge >= 0.3 is 0 Å².